The average molecular weight is 206 g/mol. The number of Topliss-reactive ketones (excluding diaryl/α,β-unsaturated/α-hetero) is 1. The normalized spacial score (nSPS) is 25.6. The minimum Gasteiger partial charge on any atom is -0.497 e. The molecule has 2 rings (SSSR count). The summed E-state index contributed by atoms with van der Waals surface area (Å²) >= 11 is 0. The molecule has 1 aliphatic carbocycles. The maximum Gasteiger partial charge on any atom is 0.136 e. The van der Waals surface area contributed by atoms with Gasteiger partial charge in [0, 0.05) is 18.8 Å². The van der Waals surface area contributed by atoms with Crippen molar-refractivity contribution in [2.75, 3.05) is 7.11 Å². The van der Waals surface area contributed by atoms with Crippen molar-refractivity contribution in [1.29, 1.82) is 0 Å². The van der Waals surface area contributed by atoms with Crippen molar-refractivity contribution in [3.63, 3.8) is 0 Å². The molecule has 1 saturated carbocycles. The Morgan fingerprint density at radius 3 is 2.40 bits per heavy atom. The fraction of sp³-hybridized carbons (Fsp3) is 0.417. The molecule has 0 spiro atoms. The Balaban J connectivity index is 2.19. The Morgan fingerprint density at radius 2 is 1.93 bits per heavy atom. The molecule has 1 aromatic rings. The van der Waals surface area contributed by atoms with Gasteiger partial charge in [-0.05, 0) is 17.7 Å². The number of carbonyl (C=O) groups excluding carboxylic acids is 1. The molecule has 0 saturated heterocycles. The van der Waals surface area contributed by atoms with Crippen LogP contribution >= 0.6 is 0 Å². The molecule has 2 atom stereocenters. The molecule has 1 aromatic carbocycles. The van der Waals surface area contributed by atoms with Gasteiger partial charge in [0.15, 0.2) is 0 Å². The van der Waals surface area contributed by atoms with E-state index in [1.165, 1.54) is 0 Å². The predicted molar refractivity (Wildman–Crippen MR) is 56.0 cm³/mol. The number of aliphatic hydroxyl groups is 1. The van der Waals surface area contributed by atoms with Gasteiger partial charge in [-0.15, -0.1) is 0 Å². The van der Waals surface area contributed by atoms with E-state index in [0.717, 1.165) is 11.3 Å². The lowest BCUT2D eigenvalue weighted by molar-refractivity contribution is -0.117. The lowest BCUT2D eigenvalue weighted by atomic mass is 9.96. The molecule has 0 aliphatic heterocycles. The molecule has 0 aromatic heterocycles. The molecule has 3 heteroatoms. The van der Waals surface area contributed by atoms with Gasteiger partial charge in [-0.3, -0.25) is 4.79 Å². The summed E-state index contributed by atoms with van der Waals surface area (Å²) in [5.41, 5.74) is 1.01. The third kappa shape index (κ3) is 2.02. The van der Waals surface area contributed by atoms with Crippen molar-refractivity contribution >= 4 is 5.78 Å². The number of ketones is 1. The Hall–Kier alpha value is -1.35. The van der Waals surface area contributed by atoms with E-state index < -0.39 is 6.10 Å². The smallest absolute Gasteiger partial charge is 0.136 e. The lowest BCUT2D eigenvalue weighted by Crippen LogP contribution is -2.10. The van der Waals surface area contributed by atoms with E-state index in [9.17, 15) is 9.90 Å². The number of hydrogen-bond acceptors (Lipinski definition) is 3. The highest BCUT2D eigenvalue weighted by atomic mass is 16.5. The lowest BCUT2D eigenvalue weighted by Gasteiger charge is -2.13. The van der Waals surface area contributed by atoms with Crippen LogP contribution in [0.15, 0.2) is 24.3 Å². The van der Waals surface area contributed by atoms with Crippen molar-refractivity contribution in [2.24, 2.45) is 0 Å². The molecule has 0 bridgehead atoms. The predicted octanol–water partition coefficient (Wildman–Crippen LogP) is 1.50. The van der Waals surface area contributed by atoms with E-state index in [2.05, 4.69) is 0 Å². The quantitative estimate of drug-likeness (QED) is 0.797. The topological polar surface area (TPSA) is 46.5 Å². The molecule has 0 unspecified atom stereocenters. The highest BCUT2D eigenvalue weighted by Crippen LogP contribution is 2.33. The van der Waals surface area contributed by atoms with Gasteiger partial charge >= 0.3 is 0 Å². The van der Waals surface area contributed by atoms with Crippen LogP contribution in [0.25, 0.3) is 0 Å². The van der Waals surface area contributed by atoms with Gasteiger partial charge in [0.2, 0.25) is 0 Å². The van der Waals surface area contributed by atoms with Gasteiger partial charge in [0.05, 0.1) is 13.2 Å². The fourth-order valence-electron chi connectivity index (χ4n) is 2.03. The van der Waals surface area contributed by atoms with Crippen LogP contribution in [-0.4, -0.2) is 24.1 Å². The molecule has 1 N–H and O–H groups in total. The van der Waals surface area contributed by atoms with Crippen LogP contribution in [-0.2, 0) is 4.79 Å². The van der Waals surface area contributed by atoms with E-state index >= 15 is 0 Å². The molecule has 3 nitrogen and oxygen atoms in total. The van der Waals surface area contributed by atoms with Gasteiger partial charge < -0.3 is 9.84 Å². The highest BCUT2D eigenvalue weighted by Gasteiger charge is 2.32. The first-order valence-electron chi connectivity index (χ1n) is 5.04. The Bertz CT molecular complexity index is 356. The van der Waals surface area contributed by atoms with Crippen LogP contribution in [0.2, 0.25) is 0 Å². The number of hydrogen-bond donors (Lipinski definition) is 1. The van der Waals surface area contributed by atoms with Crippen molar-refractivity contribution in [1.82, 2.24) is 0 Å². The van der Waals surface area contributed by atoms with Crippen LogP contribution in [0.5, 0.6) is 5.75 Å². The minimum absolute atomic E-state index is 0.0385. The second-order valence-electron chi connectivity index (χ2n) is 3.89. The summed E-state index contributed by atoms with van der Waals surface area (Å²) in [7, 11) is 1.61. The monoisotopic (exact) mass is 206 g/mol. The zero-order valence-electron chi connectivity index (χ0n) is 8.64. The maximum atomic E-state index is 11.2. The third-order valence-corrected chi connectivity index (χ3v) is 2.89. The van der Waals surface area contributed by atoms with E-state index in [0.29, 0.717) is 6.42 Å². The molecular weight excluding hydrogens is 192 g/mol. The zero-order chi connectivity index (χ0) is 10.8. The first-order chi connectivity index (χ1) is 7.20. The summed E-state index contributed by atoms with van der Waals surface area (Å²) in [6, 6.07) is 7.52. The van der Waals surface area contributed by atoms with Crippen LogP contribution in [0.4, 0.5) is 0 Å². The van der Waals surface area contributed by atoms with Gasteiger partial charge in [-0.2, -0.15) is 0 Å². The summed E-state index contributed by atoms with van der Waals surface area (Å²) < 4.78 is 5.05. The molecule has 0 radical (unpaired) electrons. The number of methoxy groups -OCH3 is 1. The average Bonchev–Trinajstić information content (AvgIpc) is 2.58. The van der Waals surface area contributed by atoms with E-state index in [1.54, 1.807) is 7.11 Å². The molecule has 0 heterocycles. The van der Waals surface area contributed by atoms with Crippen LogP contribution in [0, 0.1) is 0 Å². The van der Waals surface area contributed by atoms with E-state index in [4.69, 9.17) is 4.74 Å². The van der Waals surface area contributed by atoms with Crippen LogP contribution < -0.4 is 4.74 Å². The number of aliphatic hydroxyl groups excluding tert-OH is 1. The molecule has 1 aliphatic rings. The van der Waals surface area contributed by atoms with Gasteiger partial charge in [0.25, 0.3) is 0 Å². The molecule has 0 amide bonds. The second kappa shape index (κ2) is 4.03. The number of benzene rings is 1. The van der Waals surface area contributed by atoms with Crippen molar-refractivity contribution in [3.8, 4) is 5.75 Å². The standard InChI is InChI=1S/C12H14O3/c1-15-10-4-2-8(3-5-10)11-6-9(13)7-12(11)14/h2-5,11-12,14H,6-7H2,1H3/t11-,12+/m0/s1. The largest absolute Gasteiger partial charge is 0.497 e. The van der Waals surface area contributed by atoms with Gasteiger partial charge in [0.1, 0.15) is 11.5 Å². The fourth-order valence-corrected chi connectivity index (χ4v) is 2.03. The molecular formula is C12H14O3. The first kappa shape index (κ1) is 10.2. The van der Waals surface area contributed by atoms with Gasteiger partial charge in [-0.25, -0.2) is 0 Å². The zero-order valence-corrected chi connectivity index (χ0v) is 8.64. The molecule has 1 fully saturated rings. The Morgan fingerprint density at radius 1 is 1.27 bits per heavy atom. The minimum atomic E-state index is -0.522. The third-order valence-electron chi connectivity index (χ3n) is 2.89. The van der Waals surface area contributed by atoms with Crippen LogP contribution in [0.1, 0.15) is 24.3 Å². The number of ether oxygens (including phenoxy) is 1. The molecule has 15 heavy (non-hydrogen) atoms. The Labute approximate surface area is 88.7 Å². The van der Waals surface area contributed by atoms with E-state index in [-0.39, 0.29) is 18.1 Å². The number of carbonyl (C=O) groups is 1. The summed E-state index contributed by atoms with van der Waals surface area (Å²) in [4.78, 5) is 11.2. The van der Waals surface area contributed by atoms with Crippen LogP contribution in [0.3, 0.4) is 0 Å². The summed E-state index contributed by atoms with van der Waals surface area (Å²) in [5, 5.41) is 9.69. The summed E-state index contributed by atoms with van der Waals surface area (Å²) in [6.45, 7) is 0. The summed E-state index contributed by atoms with van der Waals surface area (Å²) in [5.74, 6) is 0.893. The SMILES string of the molecule is COc1ccc([C@@H]2CC(=O)C[C@H]2O)cc1. The van der Waals surface area contributed by atoms with Crippen molar-refractivity contribution in [2.45, 2.75) is 24.9 Å². The highest BCUT2D eigenvalue weighted by molar-refractivity contribution is 5.82. The second-order valence-corrected chi connectivity index (χ2v) is 3.89. The summed E-state index contributed by atoms with van der Waals surface area (Å²) in [6.07, 6.45) is 0.218. The van der Waals surface area contributed by atoms with Crippen molar-refractivity contribution < 1.29 is 14.6 Å². The Kier molecular flexibility index (Phi) is 2.73. The first-order valence-corrected chi connectivity index (χ1v) is 5.04. The van der Waals surface area contributed by atoms with E-state index in [1.807, 2.05) is 24.3 Å². The molecule has 80 valence electrons. The van der Waals surface area contributed by atoms with Gasteiger partial charge in [-0.1, -0.05) is 12.1 Å². The maximum absolute atomic E-state index is 11.2. The number of rotatable bonds is 2. The van der Waals surface area contributed by atoms with Crippen molar-refractivity contribution in [3.05, 3.63) is 29.8 Å².